The molecule has 24 heavy (non-hydrogen) atoms. The van der Waals surface area contributed by atoms with E-state index in [4.69, 9.17) is 4.74 Å². The fraction of sp³-hybridized carbons (Fsp3) is 0.467. The molecule has 0 aliphatic carbocycles. The molecule has 2 atom stereocenters. The van der Waals surface area contributed by atoms with Crippen molar-refractivity contribution in [3.05, 3.63) is 39.9 Å². The van der Waals surface area contributed by atoms with Gasteiger partial charge in [-0.1, -0.05) is 12.1 Å². The molecule has 0 heterocycles. The number of nitro benzene ring substituents is 1. The molecule has 0 aromatic heterocycles. The number of nitrogens with zero attached hydrogens (tertiary/aromatic N) is 1. The van der Waals surface area contributed by atoms with Crippen LogP contribution in [-0.2, 0) is 14.3 Å². The molecule has 2 N–H and O–H groups in total. The van der Waals surface area contributed by atoms with E-state index < -0.39 is 34.7 Å². The zero-order chi connectivity index (χ0) is 18.5. The van der Waals surface area contributed by atoms with E-state index in [0.717, 1.165) is 13.2 Å². The van der Waals surface area contributed by atoms with Crippen molar-refractivity contribution in [3.8, 4) is 0 Å². The van der Waals surface area contributed by atoms with E-state index >= 15 is 0 Å². The number of benzene rings is 1. The van der Waals surface area contributed by atoms with Crippen LogP contribution in [0.2, 0.25) is 0 Å². The lowest BCUT2D eigenvalue weighted by atomic mass is 10.0. The summed E-state index contributed by atoms with van der Waals surface area (Å²) in [6.07, 6.45) is -2.65. The maximum absolute atomic E-state index is 11.9. The topological polar surface area (TPSA) is 128 Å². The summed E-state index contributed by atoms with van der Waals surface area (Å²) < 4.78 is 9.54. The van der Waals surface area contributed by atoms with Crippen molar-refractivity contribution in [1.82, 2.24) is 5.32 Å². The average molecular weight is 340 g/mol. The number of non-ortho nitro benzene ring substituents is 1. The zero-order valence-electron chi connectivity index (χ0n) is 13.8. The Kier molecular flexibility index (Phi) is 6.24. The van der Waals surface area contributed by atoms with Crippen LogP contribution in [0.5, 0.6) is 0 Å². The minimum absolute atomic E-state index is 0.160. The van der Waals surface area contributed by atoms with Gasteiger partial charge in [0.15, 0.2) is 6.10 Å². The number of nitro groups is 1. The number of aliphatic hydroxyl groups excluding tert-OH is 1. The summed E-state index contributed by atoms with van der Waals surface area (Å²) in [5, 5.41) is 23.3. The van der Waals surface area contributed by atoms with E-state index in [-0.39, 0.29) is 11.3 Å². The summed E-state index contributed by atoms with van der Waals surface area (Å²) in [6.45, 7) is 4.93. The fourth-order valence-corrected chi connectivity index (χ4v) is 1.87. The van der Waals surface area contributed by atoms with E-state index in [1.807, 2.05) is 0 Å². The van der Waals surface area contributed by atoms with Gasteiger partial charge in [0.1, 0.15) is 5.60 Å². The van der Waals surface area contributed by atoms with Crippen LogP contribution >= 0.6 is 0 Å². The number of aliphatic hydroxyl groups is 1. The summed E-state index contributed by atoms with van der Waals surface area (Å²) >= 11 is 0. The highest BCUT2D eigenvalue weighted by Crippen LogP contribution is 2.23. The van der Waals surface area contributed by atoms with Crippen molar-refractivity contribution >= 4 is 17.7 Å². The molecule has 0 saturated carbocycles. The summed E-state index contributed by atoms with van der Waals surface area (Å²) in [5.41, 5.74) is -0.887. The molecule has 0 saturated heterocycles. The molecule has 0 unspecified atom stereocenters. The number of esters is 1. The smallest absolute Gasteiger partial charge is 0.408 e. The van der Waals surface area contributed by atoms with Crippen molar-refractivity contribution in [2.75, 3.05) is 7.11 Å². The lowest BCUT2D eigenvalue weighted by molar-refractivity contribution is -0.384. The zero-order valence-corrected chi connectivity index (χ0v) is 13.8. The lowest BCUT2D eigenvalue weighted by Gasteiger charge is -2.25. The van der Waals surface area contributed by atoms with Gasteiger partial charge in [-0.05, 0) is 26.3 Å². The minimum atomic E-state index is -1.76. The van der Waals surface area contributed by atoms with Gasteiger partial charge in [0.05, 0.1) is 18.1 Å². The van der Waals surface area contributed by atoms with Crippen molar-refractivity contribution in [3.63, 3.8) is 0 Å². The number of carbonyl (C=O) groups excluding carboxylic acids is 2. The number of ether oxygens (including phenoxy) is 2. The van der Waals surface area contributed by atoms with Crippen LogP contribution in [0.3, 0.4) is 0 Å². The average Bonchev–Trinajstić information content (AvgIpc) is 2.49. The molecule has 1 rings (SSSR count). The third-order valence-corrected chi connectivity index (χ3v) is 2.87. The highest BCUT2D eigenvalue weighted by Gasteiger charge is 2.32. The van der Waals surface area contributed by atoms with Gasteiger partial charge < -0.3 is 19.9 Å². The van der Waals surface area contributed by atoms with Crippen LogP contribution in [0.15, 0.2) is 24.3 Å². The van der Waals surface area contributed by atoms with Gasteiger partial charge in [0, 0.05) is 12.1 Å². The van der Waals surface area contributed by atoms with Gasteiger partial charge in [-0.15, -0.1) is 0 Å². The predicted octanol–water partition coefficient (Wildman–Crippen LogP) is 1.69. The Bertz CT molecular complexity index is 624. The third kappa shape index (κ3) is 5.51. The van der Waals surface area contributed by atoms with Gasteiger partial charge in [-0.2, -0.15) is 0 Å². The molecule has 1 amide bonds. The number of methoxy groups -OCH3 is 1. The first kappa shape index (κ1) is 19.4. The third-order valence-electron chi connectivity index (χ3n) is 2.87. The van der Waals surface area contributed by atoms with Crippen LogP contribution in [0, 0.1) is 10.1 Å². The van der Waals surface area contributed by atoms with Crippen molar-refractivity contribution in [1.29, 1.82) is 0 Å². The number of alkyl carbamates (subject to hydrolysis) is 1. The quantitative estimate of drug-likeness (QED) is 0.474. The molecule has 0 radical (unpaired) electrons. The van der Waals surface area contributed by atoms with Crippen molar-refractivity contribution in [2.45, 2.75) is 38.5 Å². The van der Waals surface area contributed by atoms with Crippen molar-refractivity contribution in [2.24, 2.45) is 0 Å². The first-order chi connectivity index (χ1) is 11.0. The number of hydrogen-bond donors (Lipinski definition) is 2. The van der Waals surface area contributed by atoms with Crippen molar-refractivity contribution < 1.29 is 29.1 Å². The first-order valence-electron chi connectivity index (χ1n) is 7.05. The fourth-order valence-electron chi connectivity index (χ4n) is 1.87. The number of amides is 1. The molecule has 132 valence electrons. The Morgan fingerprint density at radius 3 is 2.46 bits per heavy atom. The Hall–Kier alpha value is -2.68. The van der Waals surface area contributed by atoms with E-state index in [2.05, 4.69) is 10.1 Å². The minimum Gasteiger partial charge on any atom is -0.467 e. The lowest BCUT2D eigenvalue weighted by Crippen LogP contribution is -2.43. The summed E-state index contributed by atoms with van der Waals surface area (Å²) in [4.78, 5) is 33.8. The molecule has 0 fully saturated rings. The molecule has 0 aliphatic heterocycles. The van der Waals surface area contributed by atoms with Crippen LogP contribution in [0.1, 0.15) is 32.4 Å². The monoisotopic (exact) mass is 340 g/mol. The highest BCUT2D eigenvalue weighted by atomic mass is 16.6. The van der Waals surface area contributed by atoms with E-state index in [1.54, 1.807) is 20.8 Å². The maximum atomic E-state index is 11.9. The van der Waals surface area contributed by atoms with Crippen LogP contribution in [0.4, 0.5) is 10.5 Å². The van der Waals surface area contributed by atoms with Crippen LogP contribution < -0.4 is 5.32 Å². The molecule has 1 aromatic rings. The molecule has 0 bridgehead atoms. The molecular formula is C15H20N2O7. The van der Waals surface area contributed by atoms with Gasteiger partial charge in [0.25, 0.3) is 5.69 Å². The highest BCUT2D eigenvalue weighted by molar-refractivity contribution is 5.77. The molecule has 9 heteroatoms. The second-order valence-corrected chi connectivity index (χ2v) is 5.94. The Balaban J connectivity index is 3.14. The summed E-state index contributed by atoms with van der Waals surface area (Å²) in [6, 6.07) is 3.93. The first-order valence-corrected chi connectivity index (χ1v) is 7.05. The molecule has 1 aromatic carbocycles. The normalized spacial score (nSPS) is 13.5. The number of nitrogens with one attached hydrogen (secondary N) is 1. The van der Waals surface area contributed by atoms with E-state index in [9.17, 15) is 24.8 Å². The Morgan fingerprint density at radius 1 is 1.33 bits per heavy atom. The Morgan fingerprint density at radius 2 is 1.96 bits per heavy atom. The standard InChI is InChI=1S/C15H20N2O7/c1-15(2,3)24-14(20)16-11(12(18)13(19)23-4)9-6-5-7-10(8-9)17(21)22/h5-8,11-12,18H,1-4H3,(H,16,20)/t11-,12+/m1/s1. The van der Waals surface area contributed by atoms with E-state index in [1.165, 1.54) is 18.2 Å². The molecule has 0 spiro atoms. The second kappa shape index (κ2) is 7.73. The molecule has 9 nitrogen and oxygen atoms in total. The molecular weight excluding hydrogens is 320 g/mol. The van der Waals surface area contributed by atoms with Gasteiger partial charge in [-0.3, -0.25) is 10.1 Å². The Labute approximate surface area is 138 Å². The number of hydrogen-bond acceptors (Lipinski definition) is 7. The predicted molar refractivity (Wildman–Crippen MR) is 83.2 cm³/mol. The number of carbonyl (C=O) groups is 2. The second-order valence-electron chi connectivity index (χ2n) is 5.94. The van der Waals surface area contributed by atoms with Gasteiger partial charge >= 0.3 is 12.1 Å². The summed E-state index contributed by atoms with van der Waals surface area (Å²) in [5.74, 6) is -0.998. The van der Waals surface area contributed by atoms with Gasteiger partial charge in [-0.25, -0.2) is 9.59 Å². The van der Waals surface area contributed by atoms with E-state index in [0.29, 0.717) is 0 Å². The SMILES string of the molecule is COC(=O)[C@@H](O)[C@H](NC(=O)OC(C)(C)C)c1cccc([N+](=O)[O-])c1. The van der Waals surface area contributed by atoms with Crippen LogP contribution in [0.25, 0.3) is 0 Å². The van der Waals surface area contributed by atoms with Crippen LogP contribution in [-0.4, -0.2) is 40.9 Å². The molecule has 0 aliphatic rings. The summed E-state index contributed by atoms with van der Waals surface area (Å²) in [7, 11) is 1.07. The maximum Gasteiger partial charge on any atom is 0.408 e. The largest absolute Gasteiger partial charge is 0.467 e. The van der Waals surface area contributed by atoms with Gasteiger partial charge in [0.2, 0.25) is 0 Å². The number of rotatable bonds is 5.